The maximum atomic E-state index is 12.6. The summed E-state index contributed by atoms with van der Waals surface area (Å²) < 4.78 is 32.9. The number of esters is 2. The first-order valence-corrected chi connectivity index (χ1v) is 25.7. The number of carbonyl (C=O) groups excluding carboxylic acids is 2. The molecule has 0 heterocycles. The predicted octanol–water partition coefficient (Wildman–Crippen LogP) is 14.2. The van der Waals surface area contributed by atoms with E-state index < -0.39 is 26.5 Å². The number of allylic oxidation sites excluding steroid dienone is 2. The monoisotopic (exact) mass is 830 g/mol. The van der Waals surface area contributed by atoms with Gasteiger partial charge in [0.1, 0.15) is 6.61 Å². The van der Waals surface area contributed by atoms with Crippen LogP contribution in [0, 0.1) is 0 Å². The van der Waals surface area contributed by atoms with E-state index in [1.54, 1.807) is 0 Å². The lowest BCUT2D eigenvalue weighted by molar-refractivity contribution is -0.161. The van der Waals surface area contributed by atoms with Crippen molar-refractivity contribution < 1.29 is 37.6 Å². The van der Waals surface area contributed by atoms with Gasteiger partial charge in [-0.1, -0.05) is 206 Å². The molecule has 0 aliphatic carbocycles. The lowest BCUT2D eigenvalue weighted by Gasteiger charge is -2.19. The number of hydrogen-bond donors (Lipinski definition) is 2. The number of rotatable bonds is 46. The topological polar surface area (TPSA) is 134 Å². The molecule has 0 fully saturated rings. The van der Waals surface area contributed by atoms with Crippen molar-refractivity contribution in [3.05, 3.63) is 12.2 Å². The molecule has 0 aliphatic heterocycles. The molecule has 0 rings (SSSR count). The fourth-order valence-corrected chi connectivity index (χ4v) is 7.81. The molecule has 0 aromatic rings. The largest absolute Gasteiger partial charge is 0.472 e. The molecule has 1 unspecified atom stereocenters. The summed E-state index contributed by atoms with van der Waals surface area (Å²) in [6.07, 6.45) is 46.7. The Balaban J connectivity index is 4.05. The lowest BCUT2D eigenvalue weighted by Crippen LogP contribution is -2.29. The third kappa shape index (κ3) is 44.1. The second-order valence-electron chi connectivity index (χ2n) is 16.3. The van der Waals surface area contributed by atoms with Crippen LogP contribution in [0.4, 0.5) is 0 Å². The standard InChI is InChI=1S/C47H92NO8P/c1-3-5-7-9-11-13-15-17-19-21-22-24-26-28-30-32-34-36-38-40-47(50)56-45(44-55-57(51,52)54-42-41-48)43-53-46(49)39-37-35-33-31-29-27-25-23-20-18-16-14-12-10-8-6-4-2/h18,20,45H,3-17,19,21-44,48H2,1-2H3,(H,51,52)/t45-/m1/s1. The van der Waals surface area contributed by atoms with Gasteiger partial charge < -0.3 is 20.1 Å². The molecule has 0 aromatic carbocycles. The van der Waals surface area contributed by atoms with Gasteiger partial charge in [-0.3, -0.25) is 18.6 Å². The third-order valence-corrected chi connectivity index (χ3v) is 11.6. The van der Waals surface area contributed by atoms with Gasteiger partial charge in [-0.05, 0) is 38.5 Å². The van der Waals surface area contributed by atoms with Crippen molar-refractivity contribution in [1.82, 2.24) is 0 Å². The molecule has 57 heavy (non-hydrogen) atoms. The highest BCUT2D eigenvalue weighted by Crippen LogP contribution is 2.43. The molecule has 0 radical (unpaired) electrons. The van der Waals surface area contributed by atoms with Crippen LogP contribution in [0.2, 0.25) is 0 Å². The van der Waals surface area contributed by atoms with Crippen LogP contribution in [0.15, 0.2) is 12.2 Å². The molecule has 10 heteroatoms. The molecule has 0 aliphatic rings. The molecular weight excluding hydrogens is 737 g/mol. The summed E-state index contributed by atoms with van der Waals surface area (Å²) in [4.78, 5) is 35.0. The smallest absolute Gasteiger partial charge is 0.462 e. The van der Waals surface area contributed by atoms with Crippen LogP contribution in [0.1, 0.15) is 245 Å². The molecule has 0 bridgehead atoms. The van der Waals surface area contributed by atoms with Crippen LogP contribution in [0.3, 0.4) is 0 Å². The zero-order chi connectivity index (χ0) is 41.8. The Morgan fingerprint density at radius 2 is 0.860 bits per heavy atom. The van der Waals surface area contributed by atoms with E-state index in [1.165, 1.54) is 180 Å². The zero-order valence-corrected chi connectivity index (χ0v) is 38.2. The van der Waals surface area contributed by atoms with Gasteiger partial charge in [0.2, 0.25) is 0 Å². The van der Waals surface area contributed by atoms with Crippen molar-refractivity contribution in [1.29, 1.82) is 0 Å². The summed E-state index contributed by atoms with van der Waals surface area (Å²) in [6.45, 7) is 3.77. The second kappa shape index (κ2) is 44.3. The fraction of sp³-hybridized carbons (Fsp3) is 0.915. The molecule has 3 N–H and O–H groups in total. The molecule has 0 saturated carbocycles. The molecule has 9 nitrogen and oxygen atoms in total. The van der Waals surface area contributed by atoms with Crippen molar-refractivity contribution in [2.45, 2.75) is 251 Å². The Kier molecular flexibility index (Phi) is 43.3. The highest BCUT2D eigenvalue weighted by Gasteiger charge is 2.26. The first-order chi connectivity index (χ1) is 27.8. The van der Waals surface area contributed by atoms with E-state index in [0.29, 0.717) is 6.42 Å². The van der Waals surface area contributed by atoms with Gasteiger partial charge >= 0.3 is 19.8 Å². The first kappa shape index (κ1) is 55.8. The molecular formula is C47H92NO8P. The van der Waals surface area contributed by atoms with E-state index in [-0.39, 0.29) is 38.6 Å². The quantitative estimate of drug-likeness (QED) is 0.0266. The minimum atomic E-state index is -4.37. The molecule has 0 spiro atoms. The van der Waals surface area contributed by atoms with E-state index in [2.05, 4.69) is 26.0 Å². The normalized spacial score (nSPS) is 13.3. The number of nitrogens with two attached hydrogens (primary N) is 1. The Morgan fingerprint density at radius 3 is 1.25 bits per heavy atom. The Labute approximate surface area is 351 Å². The summed E-state index contributed by atoms with van der Waals surface area (Å²) in [6, 6.07) is 0. The summed E-state index contributed by atoms with van der Waals surface area (Å²) >= 11 is 0. The Morgan fingerprint density at radius 1 is 0.509 bits per heavy atom. The van der Waals surface area contributed by atoms with Crippen molar-refractivity contribution in [2.24, 2.45) is 5.73 Å². The van der Waals surface area contributed by atoms with Gasteiger partial charge in [0.05, 0.1) is 13.2 Å². The first-order valence-electron chi connectivity index (χ1n) is 24.2. The van der Waals surface area contributed by atoms with E-state index in [4.69, 9.17) is 24.3 Å². The molecule has 0 aromatic heterocycles. The zero-order valence-electron chi connectivity index (χ0n) is 37.3. The minimum Gasteiger partial charge on any atom is -0.462 e. The maximum Gasteiger partial charge on any atom is 0.472 e. The third-order valence-electron chi connectivity index (χ3n) is 10.7. The minimum absolute atomic E-state index is 0.0559. The van der Waals surface area contributed by atoms with Gasteiger partial charge in [0.15, 0.2) is 6.10 Å². The van der Waals surface area contributed by atoms with Crippen molar-refractivity contribution in [3.63, 3.8) is 0 Å². The van der Waals surface area contributed by atoms with E-state index in [1.807, 2.05) is 0 Å². The molecule has 0 saturated heterocycles. The van der Waals surface area contributed by atoms with Crippen LogP contribution in [-0.4, -0.2) is 49.3 Å². The van der Waals surface area contributed by atoms with Crippen LogP contribution < -0.4 is 5.73 Å². The molecule has 2 atom stereocenters. The lowest BCUT2D eigenvalue weighted by atomic mass is 10.0. The van der Waals surface area contributed by atoms with Crippen LogP contribution in [0.5, 0.6) is 0 Å². The summed E-state index contributed by atoms with van der Waals surface area (Å²) in [5.74, 6) is -0.819. The highest BCUT2D eigenvalue weighted by atomic mass is 31.2. The van der Waals surface area contributed by atoms with Crippen molar-refractivity contribution in [3.8, 4) is 0 Å². The summed E-state index contributed by atoms with van der Waals surface area (Å²) in [5, 5.41) is 0. The second-order valence-corrected chi connectivity index (χ2v) is 17.8. The SMILES string of the molecule is CCCCCCCCC=CCCCCCCCCCC(=O)OC[C@H](COP(=O)(O)OCCN)OC(=O)CCCCCCCCCCCCCCCCCCCCC. The van der Waals surface area contributed by atoms with Crippen LogP contribution in [0.25, 0.3) is 0 Å². The Hall–Kier alpha value is -1.25. The van der Waals surface area contributed by atoms with E-state index in [9.17, 15) is 19.0 Å². The average molecular weight is 830 g/mol. The van der Waals surface area contributed by atoms with Gasteiger partial charge in [0.25, 0.3) is 0 Å². The summed E-state index contributed by atoms with van der Waals surface area (Å²) in [5.41, 5.74) is 5.36. The maximum absolute atomic E-state index is 12.6. The van der Waals surface area contributed by atoms with Gasteiger partial charge in [-0.2, -0.15) is 0 Å². The Bertz CT molecular complexity index is 948. The van der Waals surface area contributed by atoms with E-state index >= 15 is 0 Å². The number of unbranched alkanes of at least 4 members (excludes halogenated alkanes) is 31. The fourth-order valence-electron chi connectivity index (χ4n) is 7.04. The number of phosphoric acid groups is 1. The van der Waals surface area contributed by atoms with E-state index in [0.717, 1.165) is 32.1 Å². The number of phosphoric ester groups is 1. The predicted molar refractivity (Wildman–Crippen MR) is 238 cm³/mol. The average Bonchev–Trinajstić information content (AvgIpc) is 3.20. The van der Waals surface area contributed by atoms with Crippen molar-refractivity contribution >= 4 is 19.8 Å². The molecule has 0 amide bonds. The number of ether oxygens (including phenoxy) is 2. The number of carbonyl (C=O) groups is 2. The highest BCUT2D eigenvalue weighted by molar-refractivity contribution is 7.47. The van der Waals surface area contributed by atoms with Crippen LogP contribution in [-0.2, 0) is 32.7 Å². The van der Waals surface area contributed by atoms with Crippen LogP contribution >= 0.6 is 7.82 Å². The van der Waals surface area contributed by atoms with Gasteiger partial charge in [-0.25, -0.2) is 4.57 Å². The molecule has 338 valence electrons. The van der Waals surface area contributed by atoms with Crippen molar-refractivity contribution in [2.75, 3.05) is 26.4 Å². The number of hydrogen-bond acceptors (Lipinski definition) is 8. The van der Waals surface area contributed by atoms with Gasteiger partial charge in [-0.15, -0.1) is 0 Å². The summed E-state index contributed by atoms with van der Waals surface area (Å²) in [7, 11) is -4.37. The van der Waals surface area contributed by atoms with Gasteiger partial charge in [0, 0.05) is 19.4 Å².